The van der Waals surface area contributed by atoms with Gasteiger partial charge in [0.1, 0.15) is 11.8 Å². The van der Waals surface area contributed by atoms with Gasteiger partial charge in [0, 0.05) is 58.9 Å². The van der Waals surface area contributed by atoms with Crippen molar-refractivity contribution < 1.29 is 52.3 Å². The van der Waals surface area contributed by atoms with Crippen molar-refractivity contribution in [1.82, 2.24) is 30.2 Å². The van der Waals surface area contributed by atoms with Crippen LogP contribution in [0.2, 0.25) is 0 Å². The highest BCUT2D eigenvalue weighted by molar-refractivity contribution is 7.85. The summed E-state index contributed by atoms with van der Waals surface area (Å²) in [5.41, 5.74) is 0. The highest BCUT2D eigenvalue weighted by atomic mass is 32.2. The number of hydrogen-bond acceptors (Lipinski definition) is 11. The fraction of sp³-hybridized carbons (Fsp3) is 0.792. The molecule has 0 unspecified atom stereocenters. The van der Waals surface area contributed by atoms with Gasteiger partial charge in [0.2, 0.25) is 11.8 Å². The summed E-state index contributed by atoms with van der Waals surface area (Å²) in [6.45, 7) is 2.44. The van der Waals surface area contributed by atoms with E-state index in [9.17, 15) is 52.3 Å². The number of aliphatic carboxylic acids is 3. The van der Waals surface area contributed by atoms with E-state index >= 15 is 0 Å². The average Bonchev–Trinajstić information content (AvgIpc) is 2.86. The van der Waals surface area contributed by atoms with Gasteiger partial charge in [-0.3, -0.25) is 48.1 Å². The van der Waals surface area contributed by atoms with Crippen molar-refractivity contribution >= 4 is 39.8 Å². The maximum atomic E-state index is 12.9. The minimum atomic E-state index is -4.61. The minimum Gasteiger partial charge on any atom is -0.480 e. The molecule has 0 aromatic carbocycles. The molecule has 1 atom stereocenters. The van der Waals surface area contributed by atoms with Crippen molar-refractivity contribution in [2.75, 3.05) is 90.8 Å². The van der Waals surface area contributed by atoms with Gasteiger partial charge >= 0.3 is 17.9 Å². The minimum absolute atomic E-state index is 0.159. The van der Waals surface area contributed by atoms with E-state index in [1.807, 2.05) is 6.92 Å². The second kappa shape index (κ2) is 19.3. The molecule has 1 fully saturated rings. The molecule has 1 aliphatic rings. The van der Waals surface area contributed by atoms with Crippen LogP contribution in [-0.4, -0.2) is 174 Å². The van der Waals surface area contributed by atoms with Gasteiger partial charge in [-0.1, -0.05) is 19.8 Å². The Morgan fingerprint density at radius 1 is 0.690 bits per heavy atom. The van der Waals surface area contributed by atoms with Crippen LogP contribution in [0.1, 0.15) is 26.2 Å². The van der Waals surface area contributed by atoms with Crippen LogP contribution in [0.3, 0.4) is 0 Å². The third-order valence-corrected chi connectivity index (χ3v) is 7.24. The van der Waals surface area contributed by atoms with Gasteiger partial charge in [-0.05, 0) is 6.42 Å². The molecule has 1 heterocycles. The first-order valence-electron chi connectivity index (χ1n) is 13.8. The Hall–Kier alpha value is -2.90. The largest absolute Gasteiger partial charge is 0.480 e. The molecule has 6 N–H and O–H groups in total. The van der Waals surface area contributed by atoms with E-state index < -0.39 is 51.6 Å². The zero-order valence-electron chi connectivity index (χ0n) is 23.9. The lowest BCUT2D eigenvalue weighted by atomic mass is 10.2. The lowest BCUT2D eigenvalue weighted by Gasteiger charge is -2.33. The highest BCUT2D eigenvalue weighted by Crippen LogP contribution is 2.02. The summed E-state index contributed by atoms with van der Waals surface area (Å²) in [6, 6.07) is -1.55. The molecule has 2 amide bonds. The molecule has 0 saturated carbocycles. The van der Waals surface area contributed by atoms with E-state index in [-0.39, 0.29) is 85.1 Å². The normalized spacial score (nSPS) is 17.9. The topological polar surface area (TPSA) is 237 Å². The summed E-state index contributed by atoms with van der Waals surface area (Å²) in [5, 5.41) is 32.8. The Morgan fingerprint density at radius 2 is 1.07 bits per heavy atom. The summed E-state index contributed by atoms with van der Waals surface area (Å²) >= 11 is 0. The molecule has 0 radical (unpaired) electrons. The van der Waals surface area contributed by atoms with Crippen molar-refractivity contribution in [3.63, 3.8) is 0 Å². The van der Waals surface area contributed by atoms with Crippen molar-refractivity contribution in [3.05, 3.63) is 0 Å². The van der Waals surface area contributed by atoms with Crippen LogP contribution < -0.4 is 10.6 Å². The lowest BCUT2D eigenvalue weighted by Crippen LogP contribution is -2.54. The van der Waals surface area contributed by atoms with E-state index in [0.29, 0.717) is 6.42 Å². The van der Waals surface area contributed by atoms with E-state index in [2.05, 4.69) is 10.6 Å². The molecule has 0 aromatic rings. The molecule has 1 aliphatic heterocycles. The summed E-state index contributed by atoms with van der Waals surface area (Å²) in [6.07, 6.45) is 2.38. The maximum absolute atomic E-state index is 12.9. The maximum Gasteiger partial charge on any atom is 0.317 e. The molecule has 0 bridgehead atoms. The predicted molar refractivity (Wildman–Crippen MR) is 150 cm³/mol. The Balaban J connectivity index is 3.04. The zero-order chi connectivity index (χ0) is 31.7. The molecule has 17 nitrogen and oxygen atoms in total. The number of unbranched alkanes of at least 4 members (excludes halogenated alkanes) is 2. The molecule has 42 heavy (non-hydrogen) atoms. The smallest absolute Gasteiger partial charge is 0.317 e. The van der Waals surface area contributed by atoms with Crippen LogP contribution in [0.15, 0.2) is 0 Å². The number of rotatable bonds is 16. The average molecular weight is 625 g/mol. The van der Waals surface area contributed by atoms with Crippen LogP contribution in [0.25, 0.3) is 0 Å². The monoisotopic (exact) mass is 624 g/mol. The van der Waals surface area contributed by atoms with Crippen molar-refractivity contribution in [2.24, 2.45) is 0 Å². The lowest BCUT2D eigenvalue weighted by molar-refractivity contribution is -0.140. The molecule has 18 heteroatoms. The number of hydrogen-bond donors (Lipinski definition) is 6. The number of carboxylic acid groups (broad SMARTS) is 3. The van der Waals surface area contributed by atoms with Crippen LogP contribution in [-0.2, 0) is 34.1 Å². The number of amides is 2. The number of carbonyl (C=O) groups excluding carboxylic acids is 2. The van der Waals surface area contributed by atoms with E-state index in [1.165, 1.54) is 0 Å². The van der Waals surface area contributed by atoms with Gasteiger partial charge < -0.3 is 26.0 Å². The third-order valence-electron chi connectivity index (χ3n) is 6.48. The molecule has 242 valence electrons. The first-order chi connectivity index (χ1) is 19.7. The quantitative estimate of drug-likeness (QED) is 0.0748. The Morgan fingerprint density at radius 3 is 1.40 bits per heavy atom. The fourth-order valence-corrected chi connectivity index (χ4v) is 4.99. The SMILES string of the molecule is CCCCCNC(=O)[C@H](CS(=O)(=O)O)NC(=O)CN1CCN(CC(=O)O)CCN(CC(=O)O)CCN(CC(=O)O)CC1. The van der Waals surface area contributed by atoms with Gasteiger partial charge in [0.15, 0.2) is 0 Å². The molecular formula is C24H44N6O11S. The summed E-state index contributed by atoms with van der Waals surface area (Å²) in [4.78, 5) is 66.1. The molecule has 1 rings (SSSR count). The van der Waals surface area contributed by atoms with E-state index in [4.69, 9.17) is 0 Å². The molecule has 0 aliphatic carbocycles. The van der Waals surface area contributed by atoms with Gasteiger partial charge in [0.25, 0.3) is 10.1 Å². The Labute approximate surface area is 245 Å². The van der Waals surface area contributed by atoms with Gasteiger partial charge in [-0.15, -0.1) is 0 Å². The van der Waals surface area contributed by atoms with Crippen molar-refractivity contribution in [2.45, 2.75) is 32.2 Å². The zero-order valence-corrected chi connectivity index (χ0v) is 24.8. The Bertz CT molecular complexity index is 981. The number of carbonyl (C=O) groups is 5. The second-order valence-corrected chi connectivity index (χ2v) is 11.6. The highest BCUT2D eigenvalue weighted by Gasteiger charge is 2.27. The summed E-state index contributed by atoms with van der Waals surface area (Å²) < 4.78 is 32.3. The fourth-order valence-electron chi connectivity index (χ4n) is 4.33. The number of nitrogens with one attached hydrogen (secondary N) is 2. The van der Waals surface area contributed by atoms with Crippen LogP contribution >= 0.6 is 0 Å². The molecule has 0 spiro atoms. The molecule has 1 saturated heterocycles. The van der Waals surface area contributed by atoms with Gasteiger partial charge in [0.05, 0.1) is 26.2 Å². The number of carboxylic acids is 3. The van der Waals surface area contributed by atoms with Crippen LogP contribution in [0.5, 0.6) is 0 Å². The van der Waals surface area contributed by atoms with Crippen LogP contribution in [0, 0.1) is 0 Å². The summed E-state index contributed by atoms with van der Waals surface area (Å²) in [5.74, 6) is -5.78. The number of nitrogens with zero attached hydrogens (tertiary/aromatic N) is 4. The third kappa shape index (κ3) is 17.8. The molecular weight excluding hydrogens is 580 g/mol. The van der Waals surface area contributed by atoms with Gasteiger partial charge in [-0.2, -0.15) is 8.42 Å². The summed E-state index contributed by atoms with van der Waals surface area (Å²) in [7, 11) is -4.61. The van der Waals surface area contributed by atoms with E-state index in [1.54, 1.807) is 19.6 Å². The van der Waals surface area contributed by atoms with Crippen molar-refractivity contribution in [3.8, 4) is 0 Å². The predicted octanol–water partition coefficient (Wildman–Crippen LogP) is -2.86. The van der Waals surface area contributed by atoms with E-state index in [0.717, 1.165) is 12.8 Å². The second-order valence-electron chi connectivity index (χ2n) is 10.2. The first kappa shape index (κ1) is 37.1. The standard InChI is InChI=1S/C24H44N6O11S/c1-2-3-4-5-25-24(38)19(18-42(39,40)41)26-20(31)14-27-6-8-28(15-21(32)33)10-12-30(17-23(36)37)13-11-29(9-7-27)16-22(34)35/h19H,2-18H2,1H3,(H,25,38)(H,26,31)(H,32,33)(H,34,35)(H,36,37)(H,39,40,41)/t19-/m0/s1. The Kier molecular flexibility index (Phi) is 17.1. The first-order valence-corrected chi connectivity index (χ1v) is 15.4. The molecule has 0 aromatic heterocycles. The van der Waals surface area contributed by atoms with Crippen molar-refractivity contribution in [1.29, 1.82) is 0 Å². The van der Waals surface area contributed by atoms with Crippen LogP contribution in [0.4, 0.5) is 0 Å². The van der Waals surface area contributed by atoms with Gasteiger partial charge in [-0.25, -0.2) is 0 Å².